The van der Waals surface area contributed by atoms with Gasteiger partial charge < -0.3 is 14.9 Å². The lowest BCUT2D eigenvalue weighted by Gasteiger charge is -2.36. The molecule has 2 fully saturated rings. The van der Waals surface area contributed by atoms with Gasteiger partial charge in [0.2, 0.25) is 11.8 Å². The molecule has 2 aromatic carbocycles. The Hall–Kier alpha value is -3.68. The van der Waals surface area contributed by atoms with Crippen molar-refractivity contribution in [2.24, 2.45) is 0 Å². The number of benzene rings is 2. The second-order valence-corrected chi connectivity index (χ2v) is 7.76. The number of nitrogens with zero attached hydrogens (tertiary/aromatic N) is 2. The number of carbonyl (C=O) groups excluding carboxylic acids is 3. The van der Waals surface area contributed by atoms with Crippen molar-refractivity contribution in [3.63, 3.8) is 0 Å². The highest BCUT2D eigenvalue weighted by molar-refractivity contribution is 6.01. The largest absolute Gasteiger partial charge is 0.478 e. The predicted molar refractivity (Wildman–Crippen MR) is 113 cm³/mol. The number of piperazine rings is 1. The number of carboxylic acids is 1. The number of carbonyl (C=O) groups is 4. The summed E-state index contributed by atoms with van der Waals surface area (Å²) in [6, 6.07) is 13.8. The maximum atomic E-state index is 12.7. The molecule has 0 bridgehead atoms. The maximum Gasteiger partial charge on any atom is 0.335 e. The van der Waals surface area contributed by atoms with E-state index < -0.39 is 5.97 Å². The standard InChI is InChI=1S/C23H23N3O5/c27-20-10-9-19(21(28)24-20)15-5-7-18(8-6-15)25-11-13-26(14-12-25)22(29)16-1-3-17(4-2-16)23(30)31/h1-8,19H,9-14H2,(H,30,31)(H,24,27,28). The Morgan fingerprint density at radius 2 is 1.48 bits per heavy atom. The molecule has 3 amide bonds. The molecule has 0 aromatic heterocycles. The van der Waals surface area contributed by atoms with Gasteiger partial charge in [0.15, 0.2) is 0 Å². The number of imide groups is 1. The molecule has 0 spiro atoms. The van der Waals surface area contributed by atoms with E-state index in [4.69, 9.17) is 5.11 Å². The summed E-state index contributed by atoms with van der Waals surface area (Å²) in [5, 5.41) is 11.4. The normalized spacial score (nSPS) is 19.2. The van der Waals surface area contributed by atoms with Crippen LogP contribution in [0.25, 0.3) is 0 Å². The monoisotopic (exact) mass is 421 g/mol. The first kappa shape index (κ1) is 20.6. The van der Waals surface area contributed by atoms with E-state index in [9.17, 15) is 19.2 Å². The Kier molecular flexibility index (Phi) is 5.70. The number of amides is 3. The molecule has 2 aliphatic rings. The fourth-order valence-corrected chi connectivity index (χ4v) is 4.03. The van der Waals surface area contributed by atoms with Crippen LogP contribution in [0.3, 0.4) is 0 Å². The third kappa shape index (κ3) is 4.42. The molecular formula is C23H23N3O5. The molecule has 0 saturated carbocycles. The lowest BCUT2D eigenvalue weighted by atomic mass is 9.90. The Labute approximate surface area is 179 Å². The van der Waals surface area contributed by atoms with Gasteiger partial charge in [-0.1, -0.05) is 12.1 Å². The molecule has 4 rings (SSSR count). The molecule has 31 heavy (non-hydrogen) atoms. The summed E-state index contributed by atoms with van der Waals surface area (Å²) in [4.78, 5) is 51.0. The molecule has 8 heteroatoms. The van der Waals surface area contributed by atoms with Crippen LogP contribution in [0.4, 0.5) is 5.69 Å². The molecule has 160 valence electrons. The van der Waals surface area contributed by atoms with Crippen LogP contribution >= 0.6 is 0 Å². The number of carboxylic acid groups (broad SMARTS) is 1. The van der Waals surface area contributed by atoms with E-state index in [1.165, 1.54) is 12.1 Å². The second kappa shape index (κ2) is 8.59. The predicted octanol–water partition coefficient (Wildman–Crippen LogP) is 1.87. The zero-order chi connectivity index (χ0) is 22.0. The first-order valence-electron chi connectivity index (χ1n) is 10.2. The van der Waals surface area contributed by atoms with Crippen molar-refractivity contribution < 1.29 is 24.3 Å². The van der Waals surface area contributed by atoms with Gasteiger partial charge in [-0.15, -0.1) is 0 Å². The van der Waals surface area contributed by atoms with Gasteiger partial charge in [0.05, 0.1) is 11.5 Å². The van der Waals surface area contributed by atoms with E-state index in [1.807, 2.05) is 24.3 Å². The van der Waals surface area contributed by atoms with Crippen molar-refractivity contribution in [2.45, 2.75) is 18.8 Å². The summed E-state index contributed by atoms with van der Waals surface area (Å²) in [6.45, 7) is 2.48. The third-order valence-corrected chi connectivity index (χ3v) is 5.85. The van der Waals surface area contributed by atoms with E-state index in [2.05, 4.69) is 10.2 Å². The van der Waals surface area contributed by atoms with Crippen LogP contribution in [-0.2, 0) is 9.59 Å². The molecule has 2 saturated heterocycles. The van der Waals surface area contributed by atoms with E-state index in [1.54, 1.807) is 17.0 Å². The van der Waals surface area contributed by atoms with Gasteiger partial charge >= 0.3 is 5.97 Å². The summed E-state index contributed by atoms with van der Waals surface area (Å²) in [7, 11) is 0. The number of nitrogens with one attached hydrogen (secondary N) is 1. The number of piperidine rings is 1. The summed E-state index contributed by atoms with van der Waals surface area (Å²) in [6.07, 6.45) is 0.880. The van der Waals surface area contributed by atoms with E-state index in [0.717, 1.165) is 11.3 Å². The van der Waals surface area contributed by atoms with Gasteiger partial charge in [-0.3, -0.25) is 19.7 Å². The van der Waals surface area contributed by atoms with Crippen molar-refractivity contribution in [1.29, 1.82) is 0 Å². The molecule has 2 aliphatic heterocycles. The molecule has 0 aliphatic carbocycles. The minimum atomic E-state index is -1.02. The molecule has 2 aromatic rings. The van der Waals surface area contributed by atoms with Gasteiger partial charge in [-0.2, -0.15) is 0 Å². The van der Waals surface area contributed by atoms with Gasteiger partial charge in [0.25, 0.3) is 5.91 Å². The average molecular weight is 421 g/mol. The summed E-state index contributed by atoms with van der Waals surface area (Å²) < 4.78 is 0. The first-order chi connectivity index (χ1) is 14.9. The van der Waals surface area contributed by atoms with Crippen LogP contribution in [-0.4, -0.2) is 59.9 Å². The van der Waals surface area contributed by atoms with Crippen molar-refractivity contribution in [1.82, 2.24) is 10.2 Å². The number of rotatable bonds is 4. The molecule has 8 nitrogen and oxygen atoms in total. The van der Waals surface area contributed by atoms with Crippen LogP contribution in [0.15, 0.2) is 48.5 Å². The van der Waals surface area contributed by atoms with Crippen LogP contribution in [0, 0.1) is 0 Å². The zero-order valence-electron chi connectivity index (χ0n) is 16.9. The number of anilines is 1. The molecule has 1 unspecified atom stereocenters. The van der Waals surface area contributed by atoms with Crippen LogP contribution in [0.2, 0.25) is 0 Å². The van der Waals surface area contributed by atoms with Gasteiger partial charge in [0.1, 0.15) is 0 Å². The van der Waals surface area contributed by atoms with Gasteiger partial charge in [-0.25, -0.2) is 4.79 Å². The number of aromatic carboxylic acids is 1. The average Bonchev–Trinajstić information content (AvgIpc) is 2.79. The highest BCUT2D eigenvalue weighted by Crippen LogP contribution is 2.27. The highest BCUT2D eigenvalue weighted by Gasteiger charge is 2.28. The van der Waals surface area contributed by atoms with Crippen molar-refractivity contribution in [2.75, 3.05) is 31.1 Å². The van der Waals surface area contributed by atoms with Crippen molar-refractivity contribution in [3.05, 3.63) is 65.2 Å². The lowest BCUT2D eigenvalue weighted by Crippen LogP contribution is -2.48. The number of hydrogen-bond acceptors (Lipinski definition) is 5. The summed E-state index contributed by atoms with van der Waals surface area (Å²) >= 11 is 0. The molecule has 1 atom stereocenters. The quantitative estimate of drug-likeness (QED) is 0.730. The Morgan fingerprint density at radius 3 is 2.06 bits per heavy atom. The van der Waals surface area contributed by atoms with Crippen LogP contribution in [0.1, 0.15) is 45.0 Å². The highest BCUT2D eigenvalue weighted by atomic mass is 16.4. The van der Waals surface area contributed by atoms with Crippen molar-refractivity contribution >= 4 is 29.4 Å². The molecular weight excluding hydrogens is 398 g/mol. The van der Waals surface area contributed by atoms with Crippen LogP contribution < -0.4 is 10.2 Å². The first-order valence-corrected chi connectivity index (χ1v) is 10.2. The second-order valence-electron chi connectivity index (χ2n) is 7.76. The van der Waals surface area contributed by atoms with Crippen molar-refractivity contribution in [3.8, 4) is 0 Å². The Morgan fingerprint density at radius 1 is 0.871 bits per heavy atom. The van der Waals surface area contributed by atoms with Gasteiger partial charge in [-0.05, 0) is 48.4 Å². The lowest BCUT2D eigenvalue weighted by molar-refractivity contribution is -0.134. The Bertz CT molecular complexity index is 1010. The number of hydrogen-bond donors (Lipinski definition) is 2. The van der Waals surface area contributed by atoms with Crippen LogP contribution in [0.5, 0.6) is 0 Å². The topological polar surface area (TPSA) is 107 Å². The fraction of sp³-hybridized carbons (Fsp3) is 0.304. The Balaban J connectivity index is 1.35. The van der Waals surface area contributed by atoms with E-state index in [0.29, 0.717) is 44.6 Å². The molecule has 2 N–H and O–H groups in total. The van der Waals surface area contributed by atoms with E-state index >= 15 is 0 Å². The SMILES string of the molecule is O=C1CCC(c2ccc(N3CCN(C(=O)c4ccc(C(=O)O)cc4)CC3)cc2)C(=O)N1. The third-order valence-electron chi connectivity index (χ3n) is 5.85. The van der Waals surface area contributed by atoms with Gasteiger partial charge in [0, 0.05) is 43.9 Å². The molecule has 0 radical (unpaired) electrons. The fourth-order valence-electron chi connectivity index (χ4n) is 4.03. The minimum Gasteiger partial charge on any atom is -0.478 e. The van der Waals surface area contributed by atoms with E-state index in [-0.39, 0.29) is 29.2 Å². The minimum absolute atomic E-state index is 0.107. The summed E-state index contributed by atoms with van der Waals surface area (Å²) in [5.41, 5.74) is 2.55. The molecule has 2 heterocycles. The maximum absolute atomic E-state index is 12.7. The smallest absolute Gasteiger partial charge is 0.335 e. The summed E-state index contributed by atoms with van der Waals surface area (Å²) in [5.74, 6) is -1.88. The zero-order valence-corrected chi connectivity index (χ0v) is 16.9.